The van der Waals surface area contributed by atoms with Gasteiger partial charge >= 0.3 is 0 Å². The van der Waals surface area contributed by atoms with E-state index in [1.54, 1.807) is 0 Å². The lowest BCUT2D eigenvalue weighted by molar-refractivity contribution is 0.00446. The molecule has 1 fully saturated rings. The van der Waals surface area contributed by atoms with Crippen molar-refractivity contribution in [3.63, 3.8) is 0 Å². The molecule has 118 valence electrons. The third-order valence-corrected chi connectivity index (χ3v) is 5.00. The minimum absolute atomic E-state index is 0.0238. The molecular formula is C18H25N3O. The van der Waals surface area contributed by atoms with E-state index in [9.17, 15) is 5.11 Å². The highest BCUT2D eigenvalue weighted by molar-refractivity contribution is 5.24. The number of aryl methyl sites for hydroxylation is 2. The van der Waals surface area contributed by atoms with Gasteiger partial charge in [0, 0.05) is 31.2 Å². The van der Waals surface area contributed by atoms with Crippen molar-refractivity contribution in [3.8, 4) is 0 Å². The number of nitrogens with zero attached hydrogens (tertiary/aromatic N) is 2. The average Bonchev–Trinajstić information content (AvgIpc) is 2.80. The lowest BCUT2D eigenvalue weighted by Crippen LogP contribution is -2.45. The van der Waals surface area contributed by atoms with Crippen molar-refractivity contribution in [2.75, 3.05) is 6.61 Å². The van der Waals surface area contributed by atoms with Crippen molar-refractivity contribution in [1.82, 2.24) is 15.1 Å². The Hall–Kier alpha value is -1.65. The van der Waals surface area contributed by atoms with Gasteiger partial charge in [0.2, 0.25) is 0 Å². The summed E-state index contributed by atoms with van der Waals surface area (Å²) in [6, 6.07) is 10.7. The fraction of sp³-hybridized carbons (Fsp3) is 0.500. The first-order chi connectivity index (χ1) is 10.6. The van der Waals surface area contributed by atoms with Crippen LogP contribution in [0.25, 0.3) is 0 Å². The van der Waals surface area contributed by atoms with E-state index >= 15 is 0 Å². The van der Waals surface area contributed by atoms with Crippen LogP contribution in [0.2, 0.25) is 0 Å². The number of hydrogen-bond donors (Lipinski definition) is 2. The first-order valence-corrected chi connectivity index (χ1v) is 8.03. The third-order valence-electron chi connectivity index (χ3n) is 5.00. The summed E-state index contributed by atoms with van der Waals surface area (Å²) in [4.78, 5) is 0. The highest BCUT2D eigenvalue weighted by atomic mass is 16.3. The van der Waals surface area contributed by atoms with Gasteiger partial charge in [0.1, 0.15) is 0 Å². The highest BCUT2D eigenvalue weighted by Gasteiger charge is 2.44. The van der Waals surface area contributed by atoms with Crippen molar-refractivity contribution in [3.05, 3.63) is 53.3 Å². The van der Waals surface area contributed by atoms with Crippen LogP contribution in [0.3, 0.4) is 0 Å². The predicted molar refractivity (Wildman–Crippen MR) is 87.3 cm³/mol. The van der Waals surface area contributed by atoms with Gasteiger partial charge in [-0.05, 0) is 30.9 Å². The van der Waals surface area contributed by atoms with Gasteiger partial charge in [-0.25, -0.2) is 0 Å². The summed E-state index contributed by atoms with van der Waals surface area (Å²) in [6.07, 6.45) is 5.41. The smallest absolute Gasteiger partial charge is 0.0791 e. The summed E-state index contributed by atoms with van der Waals surface area (Å²) in [7, 11) is 1.95. The Labute approximate surface area is 132 Å². The van der Waals surface area contributed by atoms with Crippen LogP contribution in [0.1, 0.15) is 42.1 Å². The van der Waals surface area contributed by atoms with Gasteiger partial charge in [0.15, 0.2) is 0 Å². The summed E-state index contributed by atoms with van der Waals surface area (Å²) in [5.41, 5.74) is 3.51. The topological polar surface area (TPSA) is 50.1 Å². The van der Waals surface area contributed by atoms with Crippen molar-refractivity contribution in [2.45, 2.75) is 38.8 Å². The molecule has 4 heteroatoms. The maximum absolute atomic E-state index is 9.96. The summed E-state index contributed by atoms with van der Waals surface area (Å²) >= 11 is 0. The van der Waals surface area contributed by atoms with Crippen molar-refractivity contribution >= 4 is 0 Å². The number of aliphatic hydroxyl groups excluding tert-OH is 1. The molecule has 1 unspecified atom stereocenters. The predicted octanol–water partition coefficient (Wildman–Crippen LogP) is 2.72. The number of aromatic nitrogens is 2. The fourth-order valence-corrected chi connectivity index (χ4v) is 3.53. The molecule has 0 bridgehead atoms. The average molecular weight is 299 g/mol. The lowest BCUT2D eigenvalue weighted by atomic mass is 9.63. The van der Waals surface area contributed by atoms with E-state index in [-0.39, 0.29) is 18.1 Å². The van der Waals surface area contributed by atoms with Gasteiger partial charge in [-0.15, -0.1) is 0 Å². The van der Waals surface area contributed by atoms with Gasteiger partial charge in [0.25, 0.3) is 0 Å². The molecule has 0 spiro atoms. The number of hydrogen-bond acceptors (Lipinski definition) is 3. The van der Waals surface area contributed by atoms with Gasteiger partial charge in [-0.3, -0.25) is 4.68 Å². The van der Waals surface area contributed by atoms with Crippen LogP contribution in [0.5, 0.6) is 0 Å². The van der Waals surface area contributed by atoms with E-state index in [2.05, 4.69) is 41.6 Å². The number of rotatable bonds is 6. The monoisotopic (exact) mass is 299 g/mol. The Balaban J connectivity index is 1.81. The minimum Gasteiger partial charge on any atom is -0.396 e. The molecular weight excluding hydrogens is 274 g/mol. The third kappa shape index (κ3) is 2.81. The maximum atomic E-state index is 9.96. The molecule has 0 aliphatic heterocycles. The molecule has 0 radical (unpaired) electrons. The maximum Gasteiger partial charge on any atom is 0.0791 e. The fourth-order valence-electron chi connectivity index (χ4n) is 3.53. The van der Waals surface area contributed by atoms with E-state index in [0.29, 0.717) is 0 Å². The zero-order valence-corrected chi connectivity index (χ0v) is 13.4. The summed E-state index contributed by atoms with van der Waals surface area (Å²) in [6.45, 7) is 3.06. The van der Waals surface area contributed by atoms with Gasteiger partial charge < -0.3 is 10.4 Å². The lowest BCUT2D eigenvalue weighted by Gasteiger charge is -2.47. The Bertz CT molecular complexity index is 611. The molecule has 1 aromatic heterocycles. The first-order valence-electron chi connectivity index (χ1n) is 8.03. The number of aliphatic hydroxyl groups is 1. The molecule has 1 aromatic carbocycles. The van der Waals surface area contributed by atoms with Gasteiger partial charge in [-0.2, -0.15) is 5.10 Å². The molecule has 4 nitrogen and oxygen atoms in total. The Morgan fingerprint density at radius 1 is 1.32 bits per heavy atom. The van der Waals surface area contributed by atoms with Crippen LogP contribution in [-0.4, -0.2) is 21.5 Å². The normalized spacial score (nSPS) is 18.0. The Morgan fingerprint density at radius 2 is 2.05 bits per heavy atom. The summed E-state index contributed by atoms with van der Waals surface area (Å²) in [5.74, 6) is 0. The Morgan fingerprint density at radius 3 is 2.55 bits per heavy atom. The zero-order valence-electron chi connectivity index (χ0n) is 13.4. The molecule has 1 aliphatic rings. The number of nitrogens with one attached hydrogen (secondary N) is 1. The van der Waals surface area contributed by atoms with Gasteiger partial charge in [0.05, 0.1) is 12.3 Å². The van der Waals surface area contributed by atoms with Gasteiger partial charge in [-0.1, -0.05) is 36.8 Å². The molecule has 1 saturated carbocycles. The van der Waals surface area contributed by atoms with Crippen LogP contribution < -0.4 is 5.32 Å². The van der Waals surface area contributed by atoms with Crippen LogP contribution in [0, 0.1) is 12.3 Å². The molecule has 2 aromatic rings. The van der Waals surface area contributed by atoms with Crippen molar-refractivity contribution in [1.29, 1.82) is 0 Å². The van der Waals surface area contributed by atoms with E-state index in [4.69, 9.17) is 0 Å². The quantitative estimate of drug-likeness (QED) is 0.862. The van der Waals surface area contributed by atoms with Crippen LogP contribution in [0.15, 0.2) is 36.5 Å². The standard InChI is InChI=1S/C18H25N3O/c1-14-12-21(2)20-16(14)11-19-17(15-7-4-3-5-8-15)18(13-22)9-6-10-18/h3-5,7-8,12,17,19,22H,6,9-11,13H2,1-2H3. The SMILES string of the molecule is Cc1cn(C)nc1CNC(c1ccccc1)C1(CO)CCC1. The zero-order chi connectivity index (χ0) is 15.6. The second-order valence-corrected chi connectivity index (χ2v) is 6.53. The molecule has 3 rings (SSSR count). The minimum atomic E-state index is -0.0238. The first kappa shape index (κ1) is 15.3. The second-order valence-electron chi connectivity index (χ2n) is 6.53. The van der Waals surface area contributed by atoms with E-state index < -0.39 is 0 Å². The van der Waals surface area contributed by atoms with Crippen molar-refractivity contribution < 1.29 is 5.11 Å². The molecule has 0 saturated heterocycles. The molecule has 2 N–H and O–H groups in total. The highest BCUT2D eigenvalue weighted by Crippen LogP contribution is 2.49. The molecule has 1 heterocycles. The van der Waals surface area contributed by atoms with Crippen LogP contribution in [-0.2, 0) is 13.6 Å². The second kappa shape index (κ2) is 6.23. The molecule has 1 atom stereocenters. The summed E-state index contributed by atoms with van der Waals surface area (Å²) in [5, 5.41) is 18.1. The molecule has 22 heavy (non-hydrogen) atoms. The van der Waals surface area contributed by atoms with E-state index in [0.717, 1.165) is 25.1 Å². The Kier molecular flexibility index (Phi) is 4.32. The summed E-state index contributed by atoms with van der Waals surface area (Å²) < 4.78 is 1.86. The molecule has 1 aliphatic carbocycles. The van der Waals surface area contributed by atoms with E-state index in [1.807, 2.05) is 24.0 Å². The van der Waals surface area contributed by atoms with E-state index in [1.165, 1.54) is 17.5 Å². The van der Waals surface area contributed by atoms with Crippen molar-refractivity contribution in [2.24, 2.45) is 12.5 Å². The number of benzene rings is 1. The van der Waals surface area contributed by atoms with Crippen LogP contribution >= 0.6 is 0 Å². The molecule has 0 amide bonds. The largest absolute Gasteiger partial charge is 0.396 e. The van der Waals surface area contributed by atoms with Crippen LogP contribution in [0.4, 0.5) is 0 Å².